The molecule has 22 heavy (non-hydrogen) atoms. The Balaban J connectivity index is 1.91. The van der Waals surface area contributed by atoms with Crippen molar-refractivity contribution in [1.82, 2.24) is 9.88 Å². The van der Waals surface area contributed by atoms with Crippen molar-refractivity contribution < 1.29 is 9.53 Å². The third kappa shape index (κ3) is 5.50. The molecule has 2 rings (SSSR count). The highest BCUT2D eigenvalue weighted by Crippen LogP contribution is 2.16. The maximum absolute atomic E-state index is 12.5. The van der Waals surface area contributed by atoms with Crippen LogP contribution < -0.4 is 0 Å². The van der Waals surface area contributed by atoms with Crippen molar-refractivity contribution in [2.45, 2.75) is 51.2 Å². The summed E-state index contributed by atoms with van der Waals surface area (Å²) in [6.45, 7) is 2.01. The van der Waals surface area contributed by atoms with E-state index < -0.39 is 0 Å². The minimum atomic E-state index is 0.165. The van der Waals surface area contributed by atoms with Gasteiger partial charge in [-0.1, -0.05) is 6.07 Å². The summed E-state index contributed by atoms with van der Waals surface area (Å²) in [7, 11) is 0. The number of nitrogens with zero attached hydrogens (tertiary/aromatic N) is 2. The van der Waals surface area contributed by atoms with Crippen LogP contribution in [0.15, 0.2) is 24.4 Å². The van der Waals surface area contributed by atoms with E-state index in [0.717, 1.165) is 44.4 Å². The molecular formula is C18H24N2O2. The van der Waals surface area contributed by atoms with Crippen molar-refractivity contribution in [2.75, 3.05) is 13.2 Å². The molecular weight excluding hydrogens is 276 g/mol. The summed E-state index contributed by atoms with van der Waals surface area (Å²) in [6.07, 6.45) is 12.3. The lowest BCUT2D eigenvalue weighted by atomic mass is 10.1. The molecule has 0 N–H and O–H groups in total. The van der Waals surface area contributed by atoms with Gasteiger partial charge in [-0.05, 0) is 37.8 Å². The van der Waals surface area contributed by atoms with Crippen LogP contribution in [0.2, 0.25) is 0 Å². The lowest BCUT2D eigenvalue weighted by Gasteiger charge is -2.25. The topological polar surface area (TPSA) is 42.4 Å². The van der Waals surface area contributed by atoms with Crippen LogP contribution in [0.4, 0.5) is 0 Å². The van der Waals surface area contributed by atoms with Crippen LogP contribution in [0.25, 0.3) is 0 Å². The van der Waals surface area contributed by atoms with Crippen LogP contribution in [0.3, 0.4) is 0 Å². The van der Waals surface area contributed by atoms with Gasteiger partial charge >= 0.3 is 0 Å². The molecule has 2 heterocycles. The Kier molecular flexibility index (Phi) is 6.92. The normalized spacial score (nSPS) is 17.1. The number of unbranched alkanes of at least 4 members (excludes halogenated alkanes) is 2. The lowest BCUT2D eigenvalue weighted by molar-refractivity contribution is -0.133. The predicted molar refractivity (Wildman–Crippen MR) is 85.9 cm³/mol. The average molecular weight is 300 g/mol. The second kappa shape index (κ2) is 9.22. The maximum atomic E-state index is 12.5. The second-order valence-corrected chi connectivity index (χ2v) is 5.64. The molecule has 118 valence electrons. The lowest BCUT2D eigenvalue weighted by Crippen LogP contribution is -2.37. The highest BCUT2D eigenvalue weighted by Gasteiger charge is 2.22. The van der Waals surface area contributed by atoms with Crippen LogP contribution >= 0.6 is 0 Å². The molecule has 1 amide bonds. The molecule has 1 atom stereocenters. The molecule has 1 aliphatic heterocycles. The zero-order valence-electron chi connectivity index (χ0n) is 13.0. The van der Waals surface area contributed by atoms with Gasteiger partial charge in [0.2, 0.25) is 5.91 Å². The summed E-state index contributed by atoms with van der Waals surface area (Å²) < 4.78 is 5.67. The smallest absolute Gasteiger partial charge is 0.223 e. The Hall–Kier alpha value is -1.86. The SMILES string of the molecule is C#CCCCCC(=O)N(Cc1ccccn1)CC1CCCO1. The minimum absolute atomic E-state index is 0.165. The molecule has 1 aliphatic rings. The highest BCUT2D eigenvalue weighted by atomic mass is 16.5. The number of pyridine rings is 1. The molecule has 1 unspecified atom stereocenters. The van der Waals surface area contributed by atoms with E-state index >= 15 is 0 Å². The molecule has 1 saturated heterocycles. The van der Waals surface area contributed by atoms with E-state index in [2.05, 4.69) is 10.9 Å². The van der Waals surface area contributed by atoms with Crippen LogP contribution in [0.5, 0.6) is 0 Å². The molecule has 4 nitrogen and oxygen atoms in total. The van der Waals surface area contributed by atoms with E-state index in [4.69, 9.17) is 11.2 Å². The summed E-state index contributed by atoms with van der Waals surface area (Å²) in [6, 6.07) is 5.79. The van der Waals surface area contributed by atoms with Gasteiger partial charge in [-0.3, -0.25) is 9.78 Å². The third-order valence-electron chi connectivity index (χ3n) is 3.84. The van der Waals surface area contributed by atoms with E-state index in [9.17, 15) is 4.79 Å². The molecule has 1 aromatic heterocycles. The molecule has 1 fully saturated rings. The summed E-state index contributed by atoms with van der Waals surface area (Å²) in [5.41, 5.74) is 0.914. The van der Waals surface area contributed by atoms with Crippen LogP contribution in [-0.4, -0.2) is 35.0 Å². The first kappa shape index (κ1) is 16.5. The standard InChI is InChI=1S/C18H24N2O2/c1-2-3-4-5-11-18(21)20(15-17-10-8-13-22-17)14-16-9-6-7-12-19-16/h1,6-7,9,12,17H,3-5,8,10-11,13-15H2. The molecule has 1 aromatic rings. The molecule has 0 aliphatic carbocycles. The van der Waals surface area contributed by atoms with Gasteiger partial charge in [-0.15, -0.1) is 12.3 Å². The fourth-order valence-corrected chi connectivity index (χ4v) is 2.64. The van der Waals surface area contributed by atoms with Crippen molar-refractivity contribution in [3.05, 3.63) is 30.1 Å². The highest BCUT2D eigenvalue weighted by molar-refractivity contribution is 5.76. The van der Waals surface area contributed by atoms with E-state index in [-0.39, 0.29) is 12.0 Å². The number of ether oxygens (including phenoxy) is 1. The Labute approximate surface area is 132 Å². The Morgan fingerprint density at radius 3 is 3.05 bits per heavy atom. The van der Waals surface area contributed by atoms with Crippen LogP contribution in [0.1, 0.15) is 44.2 Å². The summed E-state index contributed by atoms with van der Waals surface area (Å²) in [5.74, 6) is 2.78. The van der Waals surface area contributed by atoms with Crippen molar-refractivity contribution >= 4 is 5.91 Å². The first-order valence-corrected chi connectivity index (χ1v) is 8.02. The largest absolute Gasteiger partial charge is 0.376 e. The summed E-state index contributed by atoms with van der Waals surface area (Å²) >= 11 is 0. The molecule has 4 heteroatoms. The Morgan fingerprint density at radius 2 is 2.36 bits per heavy atom. The number of rotatable bonds is 8. The van der Waals surface area contributed by atoms with E-state index in [1.165, 1.54) is 0 Å². The quantitative estimate of drug-likeness (QED) is 0.547. The molecule has 0 aromatic carbocycles. The van der Waals surface area contributed by atoms with Gasteiger partial charge in [0.25, 0.3) is 0 Å². The summed E-state index contributed by atoms with van der Waals surface area (Å²) in [5, 5.41) is 0. The zero-order valence-corrected chi connectivity index (χ0v) is 13.0. The fourth-order valence-electron chi connectivity index (χ4n) is 2.64. The van der Waals surface area contributed by atoms with Gasteiger partial charge in [-0.2, -0.15) is 0 Å². The van der Waals surface area contributed by atoms with Gasteiger partial charge in [0.1, 0.15) is 0 Å². The monoisotopic (exact) mass is 300 g/mol. The molecule has 0 radical (unpaired) electrons. The third-order valence-corrected chi connectivity index (χ3v) is 3.84. The number of hydrogen-bond acceptors (Lipinski definition) is 3. The number of aromatic nitrogens is 1. The number of amides is 1. The number of carbonyl (C=O) groups is 1. The number of hydrogen-bond donors (Lipinski definition) is 0. The Bertz CT molecular complexity index is 490. The van der Waals surface area contributed by atoms with Gasteiger partial charge in [0, 0.05) is 32.2 Å². The second-order valence-electron chi connectivity index (χ2n) is 5.64. The predicted octanol–water partition coefficient (Wildman–Crippen LogP) is 2.78. The zero-order chi connectivity index (χ0) is 15.6. The van der Waals surface area contributed by atoms with Crippen molar-refractivity contribution in [3.63, 3.8) is 0 Å². The minimum Gasteiger partial charge on any atom is -0.376 e. The van der Waals surface area contributed by atoms with Gasteiger partial charge in [0.15, 0.2) is 0 Å². The van der Waals surface area contributed by atoms with Crippen molar-refractivity contribution in [2.24, 2.45) is 0 Å². The van der Waals surface area contributed by atoms with Crippen molar-refractivity contribution in [3.8, 4) is 12.3 Å². The molecule has 0 bridgehead atoms. The van der Waals surface area contributed by atoms with Gasteiger partial charge in [-0.25, -0.2) is 0 Å². The first-order chi connectivity index (χ1) is 10.8. The van der Waals surface area contributed by atoms with Crippen molar-refractivity contribution in [1.29, 1.82) is 0 Å². The molecule has 0 saturated carbocycles. The summed E-state index contributed by atoms with van der Waals surface area (Å²) in [4.78, 5) is 18.7. The fraction of sp³-hybridized carbons (Fsp3) is 0.556. The van der Waals surface area contributed by atoms with Crippen LogP contribution in [0, 0.1) is 12.3 Å². The maximum Gasteiger partial charge on any atom is 0.223 e. The van der Waals surface area contributed by atoms with E-state index in [1.807, 2.05) is 23.1 Å². The van der Waals surface area contributed by atoms with Gasteiger partial charge < -0.3 is 9.64 Å². The molecule has 0 spiro atoms. The Morgan fingerprint density at radius 1 is 1.45 bits per heavy atom. The van der Waals surface area contributed by atoms with E-state index in [1.54, 1.807) is 6.20 Å². The van der Waals surface area contributed by atoms with E-state index in [0.29, 0.717) is 19.5 Å². The first-order valence-electron chi connectivity index (χ1n) is 8.02. The van der Waals surface area contributed by atoms with Gasteiger partial charge in [0.05, 0.1) is 18.3 Å². The van der Waals surface area contributed by atoms with Crippen LogP contribution in [-0.2, 0) is 16.1 Å². The number of terminal acetylenes is 1. The average Bonchev–Trinajstić information content (AvgIpc) is 3.05. The number of carbonyl (C=O) groups excluding carboxylic acids is 1.